The maximum Gasteiger partial charge on any atom is 0.340 e. The maximum absolute atomic E-state index is 13.1. The van der Waals surface area contributed by atoms with Gasteiger partial charge in [0.15, 0.2) is 6.61 Å². The SMILES string of the molecule is O=C(COC(=O)c1ccccc1N1C(=O)[C@@H]2[C@H](C1=O)[C@@H]1C=C[C@H]2C1)c1ccc(Cl)c([N+](=O)[O-])c1. The number of rotatable bonds is 6. The Bertz CT molecular complexity index is 1270. The van der Waals surface area contributed by atoms with E-state index in [9.17, 15) is 29.3 Å². The number of nitrogens with zero attached hydrogens (tertiary/aromatic N) is 2. The number of hydrogen-bond acceptors (Lipinski definition) is 7. The molecule has 3 aliphatic rings. The first kappa shape index (κ1) is 22.0. The summed E-state index contributed by atoms with van der Waals surface area (Å²) in [5, 5.41) is 10.9. The van der Waals surface area contributed by atoms with Crippen LogP contribution in [0.25, 0.3) is 0 Å². The van der Waals surface area contributed by atoms with Gasteiger partial charge in [0.05, 0.1) is 28.0 Å². The number of carbonyl (C=O) groups is 4. The molecule has 5 rings (SSSR count). The van der Waals surface area contributed by atoms with Crippen molar-refractivity contribution in [2.75, 3.05) is 11.5 Å². The molecule has 1 saturated carbocycles. The number of benzene rings is 2. The van der Waals surface area contributed by atoms with Gasteiger partial charge in [0.1, 0.15) is 5.02 Å². The Morgan fingerprint density at radius 3 is 2.35 bits per heavy atom. The number of amides is 2. The van der Waals surface area contributed by atoms with Crippen molar-refractivity contribution in [2.24, 2.45) is 23.7 Å². The molecule has 1 saturated heterocycles. The fourth-order valence-corrected chi connectivity index (χ4v) is 5.29. The number of esters is 1. The van der Waals surface area contributed by atoms with Crippen LogP contribution in [0.1, 0.15) is 27.1 Å². The summed E-state index contributed by atoms with van der Waals surface area (Å²) < 4.78 is 5.14. The zero-order valence-electron chi connectivity index (χ0n) is 17.5. The molecule has 2 aromatic rings. The smallest absolute Gasteiger partial charge is 0.340 e. The summed E-state index contributed by atoms with van der Waals surface area (Å²) in [7, 11) is 0. The zero-order valence-corrected chi connectivity index (χ0v) is 18.3. The summed E-state index contributed by atoms with van der Waals surface area (Å²) >= 11 is 5.76. The van der Waals surface area contributed by atoms with Gasteiger partial charge in [-0.2, -0.15) is 0 Å². The minimum atomic E-state index is -0.897. The molecule has 172 valence electrons. The maximum atomic E-state index is 13.1. The van der Waals surface area contributed by atoms with Crippen molar-refractivity contribution >= 4 is 46.5 Å². The van der Waals surface area contributed by atoms with Crippen molar-refractivity contribution in [3.63, 3.8) is 0 Å². The molecule has 2 bridgehead atoms. The second-order valence-electron chi connectivity index (χ2n) is 8.45. The monoisotopic (exact) mass is 480 g/mol. The third kappa shape index (κ3) is 3.40. The molecule has 9 nitrogen and oxygen atoms in total. The molecule has 0 N–H and O–H groups in total. The Kier molecular flexibility index (Phi) is 5.28. The quantitative estimate of drug-likeness (QED) is 0.154. The molecular formula is C24H17ClN2O7. The van der Waals surface area contributed by atoms with Gasteiger partial charge in [-0.25, -0.2) is 9.69 Å². The highest BCUT2D eigenvalue weighted by molar-refractivity contribution is 6.32. The summed E-state index contributed by atoms with van der Waals surface area (Å²) in [5.41, 5.74) is -0.396. The van der Waals surface area contributed by atoms with E-state index < -0.39 is 40.8 Å². The van der Waals surface area contributed by atoms with Gasteiger partial charge >= 0.3 is 5.97 Å². The van der Waals surface area contributed by atoms with Gasteiger partial charge in [-0.05, 0) is 42.5 Å². The largest absolute Gasteiger partial charge is 0.454 e. The van der Waals surface area contributed by atoms with E-state index >= 15 is 0 Å². The van der Waals surface area contributed by atoms with Crippen molar-refractivity contribution in [1.29, 1.82) is 0 Å². The lowest BCUT2D eigenvalue weighted by Crippen LogP contribution is -2.34. The number of carbonyl (C=O) groups excluding carboxylic acids is 4. The molecule has 0 aromatic heterocycles. The fourth-order valence-electron chi connectivity index (χ4n) is 5.10. The Labute approximate surface area is 198 Å². The lowest BCUT2D eigenvalue weighted by atomic mass is 9.85. The number of halogens is 1. The van der Waals surface area contributed by atoms with E-state index in [1.165, 1.54) is 24.3 Å². The number of nitro groups is 1. The summed E-state index contributed by atoms with van der Waals surface area (Å²) in [4.78, 5) is 62.9. The van der Waals surface area contributed by atoms with Crippen LogP contribution in [-0.4, -0.2) is 35.1 Å². The highest BCUT2D eigenvalue weighted by atomic mass is 35.5. The number of allylic oxidation sites excluding steroid dienone is 2. The molecule has 0 radical (unpaired) electrons. The minimum absolute atomic E-state index is 0.0246. The fraction of sp³-hybridized carbons (Fsp3) is 0.250. The third-order valence-corrected chi connectivity index (χ3v) is 6.95. The van der Waals surface area contributed by atoms with Crippen LogP contribution in [0.15, 0.2) is 54.6 Å². The molecule has 10 heteroatoms. The molecule has 2 aromatic carbocycles. The molecule has 4 atom stereocenters. The average molecular weight is 481 g/mol. The molecule has 0 unspecified atom stereocenters. The molecule has 1 aliphatic heterocycles. The van der Waals surface area contributed by atoms with Gasteiger partial charge < -0.3 is 4.74 Å². The summed E-state index contributed by atoms with van der Waals surface area (Å²) in [6.45, 7) is -0.687. The van der Waals surface area contributed by atoms with Crippen LogP contribution in [0.4, 0.5) is 11.4 Å². The van der Waals surface area contributed by atoms with E-state index in [2.05, 4.69) is 0 Å². The number of imide groups is 1. The van der Waals surface area contributed by atoms with E-state index in [1.807, 2.05) is 12.2 Å². The number of fused-ring (bicyclic) bond motifs is 5. The van der Waals surface area contributed by atoms with E-state index in [0.29, 0.717) is 0 Å². The molecule has 0 spiro atoms. The minimum Gasteiger partial charge on any atom is -0.454 e. The van der Waals surface area contributed by atoms with Gasteiger partial charge in [-0.1, -0.05) is 35.9 Å². The van der Waals surface area contributed by atoms with E-state index in [-0.39, 0.29) is 45.5 Å². The predicted octanol–water partition coefficient (Wildman–Crippen LogP) is 3.60. The first-order chi connectivity index (χ1) is 16.3. The highest BCUT2D eigenvalue weighted by Crippen LogP contribution is 2.53. The normalized spacial score (nSPS) is 24.4. The number of hydrogen-bond donors (Lipinski definition) is 0. The topological polar surface area (TPSA) is 124 Å². The standard InChI is InChI=1S/C24H17ClN2O7/c25-16-8-7-12(10-18(16)27(32)33)19(28)11-34-24(31)15-3-1-2-4-17(15)26-22(29)20-13-5-6-14(9-13)21(20)23(26)30/h1-8,10,13-14,20-21H,9,11H2/t13-,14+,20-,21+. The first-order valence-electron chi connectivity index (χ1n) is 10.6. The lowest BCUT2D eigenvalue weighted by Gasteiger charge is -2.19. The van der Waals surface area contributed by atoms with Crippen molar-refractivity contribution in [2.45, 2.75) is 6.42 Å². The molecule has 2 fully saturated rings. The van der Waals surface area contributed by atoms with Crippen molar-refractivity contribution in [1.82, 2.24) is 0 Å². The number of anilines is 1. The Morgan fingerprint density at radius 1 is 1.06 bits per heavy atom. The third-order valence-electron chi connectivity index (χ3n) is 6.63. The Morgan fingerprint density at radius 2 is 1.71 bits per heavy atom. The lowest BCUT2D eigenvalue weighted by molar-refractivity contribution is -0.384. The Balaban J connectivity index is 1.34. The van der Waals surface area contributed by atoms with Crippen LogP contribution >= 0.6 is 11.6 Å². The highest BCUT2D eigenvalue weighted by Gasteiger charge is 2.59. The molecule has 2 amide bonds. The van der Waals surface area contributed by atoms with Gasteiger partial charge in [0.25, 0.3) is 5.69 Å². The molecule has 1 heterocycles. The van der Waals surface area contributed by atoms with Crippen molar-refractivity contribution < 1.29 is 28.8 Å². The van der Waals surface area contributed by atoms with Crippen molar-refractivity contribution in [3.05, 3.63) is 80.9 Å². The predicted molar refractivity (Wildman–Crippen MR) is 119 cm³/mol. The number of ketones is 1. The average Bonchev–Trinajstić information content (AvgIpc) is 3.51. The van der Waals surface area contributed by atoms with Gasteiger partial charge in [0.2, 0.25) is 17.6 Å². The van der Waals surface area contributed by atoms with Crippen LogP contribution in [0.2, 0.25) is 5.02 Å². The second-order valence-corrected chi connectivity index (χ2v) is 8.86. The molecule has 34 heavy (non-hydrogen) atoms. The van der Waals surface area contributed by atoms with Crippen LogP contribution in [0, 0.1) is 33.8 Å². The van der Waals surface area contributed by atoms with Crippen LogP contribution in [-0.2, 0) is 14.3 Å². The second kappa shape index (κ2) is 8.18. The number of nitro benzene ring substituents is 1. The van der Waals surface area contributed by atoms with E-state index in [0.717, 1.165) is 17.4 Å². The van der Waals surface area contributed by atoms with Crippen molar-refractivity contribution in [3.8, 4) is 0 Å². The van der Waals surface area contributed by atoms with E-state index in [4.69, 9.17) is 16.3 Å². The van der Waals surface area contributed by atoms with E-state index in [1.54, 1.807) is 12.1 Å². The summed E-state index contributed by atoms with van der Waals surface area (Å²) in [6, 6.07) is 9.59. The van der Waals surface area contributed by atoms with Gasteiger partial charge in [-0.15, -0.1) is 0 Å². The number of para-hydroxylation sites is 1. The Hall–Kier alpha value is -3.85. The van der Waals surface area contributed by atoms with Gasteiger partial charge in [0, 0.05) is 11.6 Å². The van der Waals surface area contributed by atoms with Crippen LogP contribution in [0.3, 0.4) is 0 Å². The number of Topliss-reactive ketones (excluding diaryl/α,β-unsaturated/α-hetero) is 1. The number of ether oxygens (including phenoxy) is 1. The van der Waals surface area contributed by atoms with Crippen LogP contribution < -0.4 is 4.90 Å². The van der Waals surface area contributed by atoms with Gasteiger partial charge in [-0.3, -0.25) is 24.5 Å². The van der Waals surface area contributed by atoms with Crippen LogP contribution in [0.5, 0.6) is 0 Å². The summed E-state index contributed by atoms with van der Waals surface area (Å²) in [5.74, 6) is -3.04. The summed E-state index contributed by atoms with van der Waals surface area (Å²) in [6.07, 6.45) is 4.75. The zero-order chi connectivity index (χ0) is 24.1. The molecule has 2 aliphatic carbocycles. The first-order valence-corrected chi connectivity index (χ1v) is 10.9. The molecular weight excluding hydrogens is 464 g/mol.